The molecule has 0 saturated carbocycles. The van der Waals surface area contributed by atoms with Crippen molar-refractivity contribution in [2.24, 2.45) is 0 Å². The number of likely N-dealkylation sites (N-methyl/N-ethyl adjacent to an activating group) is 1. The Kier molecular flexibility index (Phi) is 6.39. The Morgan fingerprint density at radius 1 is 0.889 bits per heavy atom. The number of aromatic hydroxyl groups is 1. The maximum atomic E-state index is 10.9. The molecule has 0 fully saturated rings. The fourth-order valence-corrected chi connectivity index (χ4v) is 3.38. The van der Waals surface area contributed by atoms with E-state index < -0.39 is 6.10 Å². The Balaban J connectivity index is 2.27. The van der Waals surface area contributed by atoms with E-state index in [1.165, 1.54) is 0 Å². The van der Waals surface area contributed by atoms with Gasteiger partial charge < -0.3 is 10.2 Å². The van der Waals surface area contributed by atoms with Crippen LogP contribution in [0.25, 0.3) is 0 Å². The molecule has 148 valence electrons. The summed E-state index contributed by atoms with van der Waals surface area (Å²) in [5.41, 5.74) is 3.76. The van der Waals surface area contributed by atoms with Crippen LogP contribution in [0.2, 0.25) is 0 Å². The Morgan fingerprint density at radius 3 is 1.81 bits per heavy atom. The summed E-state index contributed by atoms with van der Waals surface area (Å²) in [5, 5.41) is 21.4. The molecule has 3 heteroatoms. The van der Waals surface area contributed by atoms with Crippen molar-refractivity contribution in [2.45, 2.75) is 65.0 Å². The molecular weight excluding hydrogens is 334 g/mol. The number of phenolic OH excluding ortho intramolecular Hbond substituents is 1. The van der Waals surface area contributed by atoms with Gasteiger partial charge in [0.25, 0.3) is 0 Å². The van der Waals surface area contributed by atoms with Crippen molar-refractivity contribution >= 4 is 0 Å². The maximum absolute atomic E-state index is 10.9. The third-order valence-corrected chi connectivity index (χ3v) is 4.91. The van der Waals surface area contributed by atoms with E-state index in [1.807, 2.05) is 37.4 Å². The first-order chi connectivity index (χ1) is 12.4. The van der Waals surface area contributed by atoms with Gasteiger partial charge in [-0.1, -0.05) is 84.0 Å². The number of phenols is 1. The molecule has 0 spiro atoms. The molecule has 2 N–H and O–H groups in total. The molecular formula is C24H35NO2. The second kappa shape index (κ2) is 8.04. The highest BCUT2D eigenvalue weighted by molar-refractivity contribution is 5.49. The van der Waals surface area contributed by atoms with Crippen molar-refractivity contribution in [1.82, 2.24) is 4.90 Å². The standard InChI is InChI=1S/C24H35NO2/c1-23(2,3)19-13-17(14-20(22(19)27)24(4,5)6)15-25(7)16-21(26)18-11-9-8-10-12-18/h8-14,21,26-27H,15-16H2,1-7H3/t21-/m1/s1. The van der Waals surface area contributed by atoms with E-state index in [0.29, 0.717) is 12.3 Å². The van der Waals surface area contributed by atoms with Crippen LogP contribution in [-0.2, 0) is 17.4 Å². The molecule has 2 rings (SSSR count). The highest BCUT2D eigenvalue weighted by Crippen LogP contribution is 2.40. The van der Waals surface area contributed by atoms with Crippen molar-refractivity contribution in [2.75, 3.05) is 13.6 Å². The van der Waals surface area contributed by atoms with E-state index >= 15 is 0 Å². The van der Waals surface area contributed by atoms with Crippen LogP contribution in [0.5, 0.6) is 5.75 Å². The summed E-state index contributed by atoms with van der Waals surface area (Å²) in [7, 11) is 2.02. The van der Waals surface area contributed by atoms with Gasteiger partial charge in [-0.25, -0.2) is 0 Å². The minimum absolute atomic E-state index is 0.137. The lowest BCUT2D eigenvalue weighted by Gasteiger charge is -2.29. The second-order valence-electron chi connectivity index (χ2n) is 9.66. The van der Waals surface area contributed by atoms with Crippen LogP contribution in [-0.4, -0.2) is 28.7 Å². The Morgan fingerprint density at radius 2 is 1.37 bits per heavy atom. The molecule has 0 bridgehead atoms. The van der Waals surface area contributed by atoms with Crippen molar-refractivity contribution in [3.8, 4) is 5.75 Å². The van der Waals surface area contributed by atoms with Gasteiger partial charge in [0.2, 0.25) is 0 Å². The van der Waals surface area contributed by atoms with Crippen molar-refractivity contribution in [3.63, 3.8) is 0 Å². The summed E-state index contributed by atoms with van der Waals surface area (Å²) in [4.78, 5) is 2.13. The van der Waals surface area contributed by atoms with E-state index in [-0.39, 0.29) is 10.8 Å². The first-order valence-electron chi connectivity index (χ1n) is 9.68. The molecule has 0 heterocycles. The summed E-state index contributed by atoms with van der Waals surface area (Å²) in [6, 6.07) is 14.0. The van der Waals surface area contributed by atoms with Crippen molar-refractivity contribution in [3.05, 3.63) is 64.7 Å². The molecule has 1 atom stereocenters. The maximum Gasteiger partial charge on any atom is 0.123 e. The quantitative estimate of drug-likeness (QED) is 0.766. The van der Waals surface area contributed by atoms with Crippen LogP contribution in [0, 0.1) is 0 Å². The van der Waals surface area contributed by atoms with Crippen LogP contribution in [0.4, 0.5) is 0 Å². The summed E-state index contributed by atoms with van der Waals surface area (Å²) < 4.78 is 0. The number of hydrogen-bond acceptors (Lipinski definition) is 3. The largest absolute Gasteiger partial charge is 0.507 e. The van der Waals surface area contributed by atoms with Gasteiger partial charge in [-0.2, -0.15) is 0 Å². The van der Waals surface area contributed by atoms with Crippen LogP contribution in [0.1, 0.15) is 69.9 Å². The van der Waals surface area contributed by atoms with Gasteiger partial charge in [0.15, 0.2) is 0 Å². The molecule has 0 unspecified atom stereocenters. The Bertz CT molecular complexity index is 719. The van der Waals surface area contributed by atoms with Gasteiger partial charge in [0, 0.05) is 13.1 Å². The van der Waals surface area contributed by atoms with E-state index in [0.717, 1.165) is 28.8 Å². The topological polar surface area (TPSA) is 43.7 Å². The fourth-order valence-electron chi connectivity index (χ4n) is 3.38. The van der Waals surface area contributed by atoms with Gasteiger partial charge in [-0.15, -0.1) is 0 Å². The van der Waals surface area contributed by atoms with Gasteiger partial charge >= 0.3 is 0 Å². The number of benzene rings is 2. The average Bonchev–Trinajstić information content (AvgIpc) is 2.55. The normalized spacial score (nSPS) is 13.8. The van der Waals surface area contributed by atoms with Crippen molar-refractivity contribution in [1.29, 1.82) is 0 Å². The molecule has 0 radical (unpaired) electrons. The van der Waals surface area contributed by atoms with Crippen LogP contribution in [0.15, 0.2) is 42.5 Å². The Labute approximate surface area is 164 Å². The zero-order valence-corrected chi connectivity index (χ0v) is 17.9. The minimum Gasteiger partial charge on any atom is -0.507 e. The molecule has 0 saturated heterocycles. The molecule has 3 nitrogen and oxygen atoms in total. The molecule has 0 aliphatic heterocycles. The van der Waals surface area contributed by atoms with Crippen LogP contribution in [0.3, 0.4) is 0 Å². The SMILES string of the molecule is CN(Cc1cc(C(C)(C)C)c(O)c(C(C)(C)C)c1)C[C@@H](O)c1ccccc1. The highest BCUT2D eigenvalue weighted by atomic mass is 16.3. The average molecular weight is 370 g/mol. The zero-order chi connectivity index (χ0) is 20.4. The fraction of sp³-hybridized carbons (Fsp3) is 0.500. The van der Waals surface area contributed by atoms with Gasteiger partial charge in [-0.3, -0.25) is 4.90 Å². The first kappa shape index (κ1) is 21.5. The third kappa shape index (κ3) is 5.57. The van der Waals surface area contributed by atoms with Gasteiger partial charge in [0.05, 0.1) is 6.10 Å². The number of aliphatic hydroxyl groups excluding tert-OH is 1. The van der Waals surface area contributed by atoms with Gasteiger partial charge in [-0.05, 0) is 40.1 Å². The second-order valence-corrected chi connectivity index (χ2v) is 9.66. The third-order valence-electron chi connectivity index (χ3n) is 4.91. The smallest absolute Gasteiger partial charge is 0.123 e. The molecule has 0 aromatic heterocycles. The van der Waals surface area contributed by atoms with E-state index in [9.17, 15) is 10.2 Å². The van der Waals surface area contributed by atoms with E-state index in [2.05, 4.69) is 58.6 Å². The number of nitrogens with zero attached hydrogens (tertiary/aromatic N) is 1. The molecule has 0 aliphatic rings. The number of rotatable bonds is 5. The lowest BCUT2D eigenvalue weighted by atomic mass is 9.78. The molecule has 2 aromatic carbocycles. The number of aliphatic hydroxyl groups is 1. The summed E-state index contributed by atoms with van der Waals surface area (Å²) in [6.45, 7) is 14.0. The summed E-state index contributed by atoms with van der Waals surface area (Å²) >= 11 is 0. The predicted octanol–water partition coefficient (Wildman–Crippen LogP) is 5.15. The van der Waals surface area contributed by atoms with Gasteiger partial charge in [0.1, 0.15) is 5.75 Å². The minimum atomic E-state index is -0.516. The van der Waals surface area contributed by atoms with Crippen LogP contribution >= 0.6 is 0 Å². The van der Waals surface area contributed by atoms with Crippen molar-refractivity contribution < 1.29 is 10.2 Å². The predicted molar refractivity (Wildman–Crippen MR) is 113 cm³/mol. The van der Waals surface area contributed by atoms with E-state index in [1.54, 1.807) is 0 Å². The highest BCUT2D eigenvalue weighted by Gasteiger charge is 2.26. The monoisotopic (exact) mass is 369 g/mol. The first-order valence-corrected chi connectivity index (χ1v) is 9.68. The molecule has 0 amide bonds. The molecule has 2 aromatic rings. The lowest BCUT2D eigenvalue weighted by molar-refractivity contribution is 0.124. The van der Waals surface area contributed by atoms with Crippen LogP contribution < -0.4 is 0 Å². The summed E-state index contributed by atoms with van der Waals surface area (Å²) in [5.74, 6) is 0.408. The summed E-state index contributed by atoms with van der Waals surface area (Å²) in [6.07, 6.45) is -0.516. The molecule has 27 heavy (non-hydrogen) atoms. The Hall–Kier alpha value is -1.84. The number of hydrogen-bond donors (Lipinski definition) is 2. The molecule has 0 aliphatic carbocycles. The lowest BCUT2D eigenvalue weighted by Crippen LogP contribution is -2.25. The zero-order valence-electron chi connectivity index (χ0n) is 17.9. The van der Waals surface area contributed by atoms with E-state index in [4.69, 9.17) is 0 Å².